The lowest BCUT2D eigenvalue weighted by Gasteiger charge is -2.33. The third kappa shape index (κ3) is 7.19. The normalized spacial score (nSPS) is 15.9. The molecule has 0 fully saturated rings. The number of nitrogens with two attached hydrogens (primary N) is 1. The molecule has 0 amide bonds. The summed E-state index contributed by atoms with van der Waals surface area (Å²) in [6.45, 7) is 6.83. The number of ether oxygens (including phenoxy) is 3. The molecule has 6 heteroatoms. The lowest BCUT2D eigenvalue weighted by atomic mass is 9.94. The Hall–Kier alpha value is -0.690. The van der Waals surface area contributed by atoms with Crippen LogP contribution in [0.1, 0.15) is 26.7 Å². The van der Waals surface area contributed by atoms with E-state index in [2.05, 4.69) is 11.8 Å². The van der Waals surface area contributed by atoms with E-state index in [0.29, 0.717) is 19.6 Å². The predicted molar refractivity (Wildman–Crippen MR) is 78.6 cm³/mol. The molecule has 120 valence electrons. The van der Waals surface area contributed by atoms with E-state index in [-0.39, 0.29) is 12.0 Å². The maximum atomic E-state index is 11.7. The van der Waals surface area contributed by atoms with Crippen molar-refractivity contribution in [2.24, 2.45) is 5.73 Å². The molecule has 0 radical (unpaired) electrons. The molecule has 0 aliphatic heterocycles. The van der Waals surface area contributed by atoms with Crippen LogP contribution in [0.15, 0.2) is 0 Å². The molecule has 0 heterocycles. The zero-order valence-corrected chi connectivity index (χ0v) is 13.5. The summed E-state index contributed by atoms with van der Waals surface area (Å²) in [4.78, 5) is 13.9. The second kappa shape index (κ2) is 10.1. The Morgan fingerprint density at radius 2 is 1.80 bits per heavy atom. The number of carbonyl (C=O) groups is 1. The molecule has 0 aromatic rings. The summed E-state index contributed by atoms with van der Waals surface area (Å²) in [7, 11) is 4.73. The van der Waals surface area contributed by atoms with Crippen molar-refractivity contribution in [3.63, 3.8) is 0 Å². The van der Waals surface area contributed by atoms with E-state index in [1.54, 1.807) is 21.1 Å². The van der Waals surface area contributed by atoms with Crippen LogP contribution >= 0.6 is 0 Å². The van der Waals surface area contributed by atoms with Crippen LogP contribution in [-0.4, -0.2) is 70.1 Å². The molecule has 6 nitrogen and oxygen atoms in total. The van der Waals surface area contributed by atoms with Gasteiger partial charge in [0.05, 0.1) is 13.7 Å². The Bertz CT molecular complexity index is 272. The van der Waals surface area contributed by atoms with Crippen LogP contribution in [0.25, 0.3) is 0 Å². The standard InChI is InChI=1S/C14H30N2O4/c1-12(11-14(2,15)13(17)20-5)16(8-10-19-4)7-6-9-18-3/h12H,6-11,15H2,1-5H3. The number of hydrogen-bond acceptors (Lipinski definition) is 6. The smallest absolute Gasteiger partial charge is 0.325 e. The minimum atomic E-state index is -0.971. The minimum Gasteiger partial charge on any atom is -0.468 e. The number of hydrogen-bond donors (Lipinski definition) is 1. The fourth-order valence-electron chi connectivity index (χ4n) is 2.23. The Kier molecular flexibility index (Phi) is 9.75. The van der Waals surface area contributed by atoms with Crippen molar-refractivity contribution in [3.05, 3.63) is 0 Å². The van der Waals surface area contributed by atoms with Crippen LogP contribution in [0.3, 0.4) is 0 Å². The summed E-state index contributed by atoms with van der Waals surface area (Å²) in [6.07, 6.45) is 1.47. The van der Waals surface area contributed by atoms with Crippen LogP contribution < -0.4 is 5.73 Å². The van der Waals surface area contributed by atoms with Crippen molar-refractivity contribution in [2.75, 3.05) is 47.6 Å². The molecular formula is C14H30N2O4. The molecule has 0 saturated carbocycles. The van der Waals surface area contributed by atoms with Crippen molar-refractivity contribution in [1.29, 1.82) is 0 Å². The van der Waals surface area contributed by atoms with Crippen molar-refractivity contribution >= 4 is 5.97 Å². The topological polar surface area (TPSA) is 74.0 Å². The number of nitrogens with zero attached hydrogens (tertiary/aromatic N) is 1. The summed E-state index contributed by atoms with van der Waals surface area (Å²) in [5.74, 6) is -0.382. The highest BCUT2D eigenvalue weighted by Gasteiger charge is 2.32. The average molecular weight is 290 g/mol. The van der Waals surface area contributed by atoms with E-state index in [0.717, 1.165) is 19.5 Å². The third-order valence-electron chi connectivity index (χ3n) is 3.37. The molecule has 0 bridgehead atoms. The fraction of sp³-hybridized carbons (Fsp3) is 0.929. The molecule has 0 aliphatic carbocycles. The van der Waals surface area contributed by atoms with Crippen LogP contribution in [0.5, 0.6) is 0 Å². The molecule has 20 heavy (non-hydrogen) atoms. The van der Waals surface area contributed by atoms with Gasteiger partial charge in [0, 0.05) is 40.0 Å². The first-order chi connectivity index (χ1) is 9.38. The average Bonchev–Trinajstić information content (AvgIpc) is 2.40. The van der Waals surface area contributed by atoms with Gasteiger partial charge in [0.15, 0.2) is 0 Å². The first kappa shape index (κ1) is 19.3. The molecule has 0 aliphatic rings. The highest BCUT2D eigenvalue weighted by Crippen LogP contribution is 2.16. The second-order valence-electron chi connectivity index (χ2n) is 5.34. The SMILES string of the molecule is COCCCN(CCOC)C(C)CC(C)(N)C(=O)OC. The van der Waals surface area contributed by atoms with Crippen molar-refractivity contribution in [3.8, 4) is 0 Å². The summed E-state index contributed by atoms with van der Waals surface area (Å²) in [6, 6.07) is 0.163. The van der Waals surface area contributed by atoms with E-state index >= 15 is 0 Å². The summed E-state index contributed by atoms with van der Waals surface area (Å²) < 4.78 is 15.0. The first-order valence-corrected chi connectivity index (χ1v) is 6.98. The van der Waals surface area contributed by atoms with Gasteiger partial charge in [-0.3, -0.25) is 9.69 Å². The van der Waals surface area contributed by atoms with Gasteiger partial charge in [-0.15, -0.1) is 0 Å². The molecule has 0 spiro atoms. The molecule has 2 N–H and O–H groups in total. The maximum Gasteiger partial charge on any atom is 0.325 e. The maximum absolute atomic E-state index is 11.7. The van der Waals surface area contributed by atoms with Gasteiger partial charge in [-0.05, 0) is 26.7 Å². The first-order valence-electron chi connectivity index (χ1n) is 6.98. The number of carbonyl (C=O) groups excluding carboxylic acids is 1. The van der Waals surface area contributed by atoms with Crippen LogP contribution in [0, 0.1) is 0 Å². The van der Waals surface area contributed by atoms with E-state index in [1.807, 2.05) is 0 Å². The predicted octanol–water partition coefficient (Wildman–Crippen LogP) is 0.640. The Morgan fingerprint density at radius 3 is 2.30 bits per heavy atom. The van der Waals surface area contributed by atoms with Crippen LogP contribution in [0.4, 0.5) is 0 Å². The monoisotopic (exact) mass is 290 g/mol. The quantitative estimate of drug-likeness (QED) is 0.445. The minimum absolute atomic E-state index is 0.163. The molecule has 0 aromatic carbocycles. The van der Waals surface area contributed by atoms with Gasteiger partial charge in [-0.2, -0.15) is 0 Å². The Morgan fingerprint density at radius 1 is 1.20 bits per heavy atom. The number of esters is 1. The lowest BCUT2D eigenvalue weighted by Crippen LogP contribution is -2.51. The summed E-state index contributed by atoms with van der Waals surface area (Å²) >= 11 is 0. The zero-order valence-electron chi connectivity index (χ0n) is 13.5. The molecule has 0 rings (SSSR count). The van der Waals surface area contributed by atoms with Crippen LogP contribution in [0.2, 0.25) is 0 Å². The number of rotatable bonds is 11. The van der Waals surface area contributed by atoms with Crippen molar-refractivity contribution in [2.45, 2.75) is 38.3 Å². The number of methoxy groups -OCH3 is 3. The fourth-order valence-corrected chi connectivity index (χ4v) is 2.23. The van der Waals surface area contributed by atoms with Crippen LogP contribution in [-0.2, 0) is 19.0 Å². The van der Waals surface area contributed by atoms with Gasteiger partial charge < -0.3 is 19.9 Å². The molecule has 0 saturated heterocycles. The van der Waals surface area contributed by atoms with E-state index < -0.39 is 5.54 Å². The summed E-state index contributed by atoms with van der Waals surface area (Å²) in [5.41, 5.74) is 5.06. The van der Waals surface area contributed by atoms with Gasteiger partial charge in [0.25, 0.3) is 0 Å². The highest BCUT2D eigenvalue weighted by atomic mass is 16.5. The van der Waals surface area contributed by atoms with Gasteiger partial charge in [-0.25, -0.2) is 0 Å². The van der Waals surface area contributed by atoms with Crippen molar-refractivity contribution < 1.29 is 19.0 Å². The van der Waals surface area contributed by atoms with E-state index in [1.165, 1.54) is 7.11 Å². The lowest BCUT2D eigenvalue weighted by molar-refractivity contribution is -0.147. The molecule has 2 unspecified atom stereocenters. The Balaban J connectivity index is 4.50. The summed E-state index contributed by atoms with van der Waals surface area (Å²) in [5, 5.41) is 0. The third-order valence-corrected chi connectivity index (χ3v) is 3.37. The van der Waals surface area contributed by atoms with E-state index in [4.69, 9.17) is 19.9 Å². The highest BCUT2D eigenvalue weighted by molar-refractivity contribution is 5.79. The largest absolute Gasteiger partial charge is 0.468 e. The molecule has 0 aromatic heterocycles. The van der Waals surface area contributed by atoms with Crippen molar-refractivity contribution in [1.82, 2.24) is 4.90 Å². The van der Waals surface area contributed by atoms with Gasteiger partial charge in [0.2, 0.25) is 0 Å². The van der Waals surface area contributed by atoms with Gasteiger partial charge in [-0.1, -0.05) is 0 Å². The zero-order chi connectivity index (χ0) is 15.6. The molecular weight excluding hydrogens is 260 g/mol. The van der Waals surface area contributed by atoms with Gasteiger partial charge in [0.1, 0.15) is 5.54 Å². The van der Waals surface area contributed by atoms with E-state index in [9.17, 15) is 4.79 Å². The second-order valence-corrected chi connectivity index (χ2v) is 5.34. The molecule has 2 atom stereocenters. The Labute approximate surface area is 122 Å². The van der Waals surface area contributed by atoms with Gasteiger partial charge >= 0.3 is 5.97 Å².